The number of aryl methyl sites for hydroxylation is 1. The van der Waals surface area contributed by atoms with Gasteiger partial charge in [0, 0.05) is 10.5 Å². The van der Waals surface area contributed by atoms with Crippen LogP contribution in [0.2, 0.25) is 0 Å². The Hall–Kier alpha value is -0.840. The van der Waals surface area contributed by atoms with Crippen molar-refractivity contribution in [2.24, 2.45) is 0 Å². The average molecular weight is 413 g/mol. The zero-order valence-electron chi connectivity index (χ0n) is 12.4. The summed E-state index contributed by atoms with van der Waals surface area (Å²) in [6.45, 7) is 2.12. The zero-order valence-corrected chi connectivity index (χ0v) is 15.6. The SMILES string of the molecule is CNC(Cc1ccc(OC)c(Br)c1)c1cc(C)ccc1Br. The van der Waals surface area contributed by atoms with Gasteiger partial charge in [0.25, 0.3) is 0 Å². The van der Waals surface area contributed by atoms with Gasteiger partial charge in [-0.1, -0.05) is 39.7 Å². The molecule has 4 heteroatoms. The molecule has 0 amide bonds. The molecule has 0 bridgehead atoms. The van der Waals surface area contributed by atoms with Crippen molar-refractivity contribution < 1.29 is 4.74 Å². The number of hydrogen-bond acceptors (Lipinski definition) is 2. The van der Waals surface area contributed by atoms with Crippen LogP contribution in [0.5, 0.6) is 5.75 Å². The van der Waals surface area contributed by atoms with Gasteiger partial charge in [0.2, 0.25) is 0 Å². The third-order valence-electron chi connectivity index (χ3n) is 3.53. The van der Waals surface area contributed by atoms with Crippen molar-refractivity contribution in [1.82, 2.24) is 5.32 Å². The highest BCUT2D eigenvalue weighted by molar-refractivity contribution is 9.10. The van der Waals surface area contributed by atoms with E-state index in [0.29, 0.717) is 0 Å². The third kappa shape index (κ3) is 4.09. The summed E-state index contributed by atoms with van der Waals surface area (Å²) in [5, 5.41) is 3.41. The molecule has 0 fully saturated rings. The van der Waals surface area contributed by atoms with Crippen LogP contribution in [-0.2, 0) is 6.42 Å². The van der Waals surface area contributed by atoms with Crippen LogP contribution in [0.25, 0.3) is 0 Å². The molecule has 2 aromatic rings. The maximum Gasteiger partial charge on any atom is 0.133 e. The van der Waals surface area contributed by atoms with E-state index < -0.39 is 0 Å². The molecule has 0 saturated carbocycles. The molecule has 1 unspecified atom stereocenters. The first kappa shape index (κ1) is 16.5. The molecular formula is C17H19Br2NO. The van der Waals surface area contributed by atoms with Gasteiger partial charge in [-0.05, 0) is 65.6 Å². The first-order valence-corrected chi connectivity index (χ1v) is 8.39. The van der Waals surface area contributed by atoms with Gasteiger partial charge >= 0.3 is 0 Å². The summed E-state index contributed by atoms with van der Waals surface area (Å²) >= 11 is 7.20. The Morgan fingerprint density at radius 3 is 2.48 bits per heavy atom. The summed E-state index contributed by atoms with van der Waals surface area (Å²) in [6.07, 6.45) is 0.918. The maximum atomic E-state index is 5.28. The van der Waals surface area contributed by atoms with E-state index in [0.717, 1.165) is 21.1 Å². The van der Waals surface area contributed by atoms with E-state index >= 15 is 0 Å². The van der Waals surface area contributed by atoms with Crippen LogP contribution in [0, 0.1) is 6.92 Å². The Kier molecular flexibility index (Phi) is 5.85. The van der Waals surface area contributed by atoms with E-state index in [9.17, 15) is 0 Å². The lowest BCUT2D eigenvalue weighted by atomic mass is 9.97. The van der Waals surface area contributed by atoms with Gasteiger partial charge in [-0.25, -0.2) is 0 Å². The summed E-state index contributed by atoms with van der Waals surface area (Å²) in [5.41, 5.74) is 3.81. The number of halogens is 2. The zero-order chi connectivity index (χ0) is 15.4. The van der Waals surface area contributed by atoms with Crippen molar-refractivity contribution in [2.75, 3.05) is 14.2 Å². The fourth-order valence-electron chi connectivity index (χ4n) is 2.37. The van der Waals surface area contributed by atoms with Crippen LogP contribution in [0.3, 0.4) is 0 Å². The average Bonchev–Trinajstić information content (AvgIpc) is 2.47. The predicted octanol–water partition coefficient (Wildman–Crippen LogP) is 5.03. The third-order valence-corrected chi connectivity index (χ3v) is 4.87. The van der Waals surface area contributed by atoms with E-state index in [1.807, 2.05) is 13.1 Å². The molecule has 21 heavy (non-hydrogen) atoms. The van der Waals surface area contributed by atoms with Crippen molar-refractivity contribution in [3.8, 4) is 5.75 Å². The lowest BCUT2D eigenvalue weighted by molar-refractivity contribution is 0.412. The highest BCUT2D eigenvalue weighted by Gasteiger charge is 2.14. The number of nitrogens with one attached hydrogen (secondary N) is 1. The lowest BCUT2D eigenvalue weighted by Crippen LogP contribution is -2.19. The van der Waals surface area contributed by atoms with E-state index in [-0.39, 0.29) is 6.04 Å². The number of rotatable bonds is 5. The molecule has 0 heterocycles. The summed E-state index contributed by atoms with van der Waals surface area (Å²) in [6, 6.07) is 12.9. The second-order valence-electron chi connectivity index (χ2n) is 5.04. The van der Waals surface area contributed by atoms with Crippen LogP contribution < -0.4 is 10.1 Å². The van der Waals surface area contributed by atoms with Crippen molar-refractivity contribution in [2.45, 2.75) is 19.4 Å². The summed E-state index contributed by atoms with van der Waals surface area (Å²) in [7, 11) is 3.68. The van der Waals surface area contributed by atoms with Crippen molar-refractivity contribution in [3.63, 3.8) is 0 Å². The number of benzene rings is 2. The van der Waals surface area contributed by atoms with Gasteiger partial charge in [-0.2, -0.15) is 0 Å². The monoisotopic (exact) mass is 411 g/mol. The Labute approximate surface area is 143 Å². The summed E-state index contributed by atoms with van der Waals surface area (Å²) in [5.74, 6) is 0.858. The van der Waals surface area contributed by atoms with Gasteiger partial charge in [0.1, 0.15) is 5.75 Å². The number of ether oxygens (including phenoxy) is 1. The molecule has 0 aromatic heterocycles. The molecule has 0 aliphatic heterocycles. The van der Waals surface area contributed by atoms with Gasteiger partial charge in [-0.15, -0.1) is 0 Å². The minimum atomic E-state index is 0.263. The van der Waals surface area contributed by atoms with E-state index in [4.69, 9.17) is 4.74 Å². The highest BCUT2D eigenvalue weighted by atomic mass is 79.9. The van der Waals surface area contributed by atoms with E-state index in [1.165, 1.54) is 16.7 Å². The Balaban J connectivity index is 2.26. The van der Waals surface area contributed by atoms with E-state index in [1.54, 1.807) is 7.11 Å². The van der Waals surface area contributed by atoms with Crippen molar-refractivity contribution in [1.29, 1.82) is 0 Å². The molecule has 2 rings (SSSR count). The Bertz CT molecular complexity index is 628. The molecule has 1 atom stereocenters. The van der Waals surface area contributed by atoms with Crippen molar-refractivity contribution >= 4 is 31.9 Å². The molecule has 0 saturated heterocycles. The van der Waals surface area contributed by atoms with Gasteiger partial charge in [0.15, 0.2) is 0 Å². The minimum Gasteiger partial charge on any atom is -0.496 e. The second kappa shape index (κ2) is 7.43. The highest BCUT2D eigenvalue weighted by Crippen LogP contribution is 2.30. The molecule has 0 aliphatic carbocycles. The van der Waals surface area contributed by atoms with Crippen LogP contribution in [-0.4, -0.2) is 14.2 Å². The molecule has 112 valence electrons. The number of methoxy groups -OCH3 is 1. The molecule has 1 N–H and O–H groups in total. The Morgan fingerprint density at radius 2 is 1.86 bits per heavy atom. The normalized spacial score (nSPS) is 12.2. The predicted molar refractivity (Wildman–Crippen MR) is 95.1 cm³/mol. The smallest absolute Gasteiger partial charge is 0.133 e. The molecule has 2 aromatic carbocycles. The van der Waals surface area contributed by atoms with Crippen molar-refractivity contribution in [3.05, 3.63) is 62.0 Å². The fourth-order valence-corrected chi connectivity index (χ4v) is 3.48. The van der Waals surface area contributed by atoms with Crippen LogP contribution in [0.1, 0.15) is 22.7 Å². The van der Waals surface area contributed by atoms with Crippen LogP contribution in [0.4, 0.5) is 0 Å². The molecular weight excluding hydrogens is 394 g/mol. The largest absolute Gasteiger partial charge is 0.496 e. The first-order chi connectivity index (χ1) is 10.0. The summed E-state index contributed by atoms with van der Waals surface area (Å²) < 4.78 is 7.41. The quantitative estimate of drug-likeness (QED) is 0.743. The van der Waals surface area contributed by atoms with Gasteiger partial charge < -0.3 is 10.1 Å². The maximum absolute atomic E-state index is 5.28. The van der Waals surface area contributed by atoms with E-state index in [2.05, 4.69) is 74.4 Å². The summed E-state index contributed by atoms with van der Waals surface area (Å²) in [4.78, 5) is 0. The van der Waals surface area contributed by atoms with Crippen LogP contribution in [0.15, 0.2) is 45.3 Å². The molecule has 0 radical (unpaired) electrons. The minimum absolute atomic E-state index is 0.263. The topological polar surface area (TPSA) is 21.3 Å². The number of hydrogen-bond donors (Lipinski definition) is 1. The second-order valence-corrected chi connectivity index (χ2v) is 6.75. The lowest BCUT2D eigenvalue weighted by Gasteiger charge is -2.19. The number of likely N-dealkylation sites (N-methyl/N-ethyl adjacent to an activating group) is 1. The van der Waals surface area contributed by atoms with Gasteiger partial charge in [-0.3, -0.25) is 0 Å². The molecule has 0 aliphatic rings. The Morgan fingerprint density at radius 1 is 1.10 bits per heavy atom. The van der Waals surface area contributed by atoms with Crippen LogP contribution >= 0.6 is 31.9 Å². The standard InChI is InChI=1S/C17H19Br2NO/c1-11-4-6-14(18)13(8-11)16(20-2)10-12-5-7-17(21-3)15(19)9-12/h4-9,16,20H,10H2,1-3H3. The van der Waals surface area contributed by atoms with Gasteiger partial charge in [0.05, 0.1) is 11.6 Å². The first-order valence-electron chi connectivity index (χ1n) is 6.81. The molecule has 0 spiro atoms. The molecule has 2 nitrogen and oxygen atoms in total. The fraction of sp³-hybridized carbons (Fsp3) is 0.294.